The molecule has 0 spiro atoms. The molecule has 1 aliphatic rings. The third kappa shape index (κ3) is 3.49. The lowest BCUT2D eigenvalue weighted by Crippen LogP contribution is -2.47. The summed E-state index contributed by atoms with van der Waals surface area (Å²) in [7, 11) is 0. The van der Waals surface area contributed by atoms with Crippen LogP contribution in [0.4, 0.5) is 5.82 Å². The molecule has 8 heteroatoms. The first-order valence-corrected chi connectivity index (χ1v) is 8.36. The molecule has 3 rings (SSSR count). The molecule has 2 heterocycles. The predicted molar refractivity (Wildman–Crippen MR) is 93.5 cm³/mol. The molecule has 1 aliphatic heterocycles. The van der Waals surface area contributed by atoms with Gasteiger partial charge >= 0.3 is 5.97 Å². The van der Waals surface area contributed by atoms with Crippen molar-refractivity contribution in [2.75, 3.05) is 44.2 Å². The maximum Gasteiger partial charge on any atom is 0.360 e. The number of carbonyl (C=O) groups is 1. The Balaban J connectivity index is 1.91. The summed E-state index contributed by atoms with van der Waals surface area (Å²) in [6.45, 7) is 7.57. The zero-order valence-corrected chi connectivity index (χ0v) is 14.5. The topological polar surface area (TPSA) is 94.7 Å². The second-order valence-electron chi connectivity index (χ2n) is 6.24. The first-order valence-electron chi connectivity index (χ1n) is 8.36. The van der Waals surface area contributed by atoms with Gasteiger partial charge in [0.2, 0.25) is 5.69 Å². The van der Waals surface area contributed by atoms with Crippen LogP contribution in [-0.4, -0.2) is 75.4 Å². The fourth-order valence-electron chi connectivity index (χ4n) is 3.04. The Hall–Kier alpha value is -2.45. The van der Waals surface area contributed by atoms with Gasteiger partial charge in [0.15, 0.2) is 5.82 Å². The van der Waals surface area contributed by atoms with Gasteiger partial charge in [-0.25, -0.2) is 4.79 Å². The molecule has 1 fully saturated rings. The molecule has 1 aromatic carbocycles. The smallest absolute Gasteiger partial charge is 0.360 e. The number of piperazine rings is 1. The fraction of sp³-hybridized carbons (Fsp3) is 0.471. The molecule has 2 aromatic rings. The maximum atomic E-state index is 11.6. The fourth-order valence-corrected chi connectivity index (χ4v) is 3.04. The van der Waals surface area contributed by atoms with Crippen LogP contribution in [0, 0.1) is 13.8 Å². The number of hydrogen-bond donors (Lipinski definition) is 2. The molecule has 1 aromatic heterocycles. The lowest BCUT2D eigenvalue weighted by atomic mass is 10.1. The summed E-state index contributed by atoms with van der Waals surface area (Å²) >= 11 is 0. The molecule has 8 nitrogen and oxygen atoms in total. The molecule has 0 amide bonds. The van der Waals surface area contributed by atoms with E-state index < -0.39 is 5.97 Å². The van der Waals surface area contributed by atoms with E-state index in [9.17, 15) is 9.90 Å². The molecule has 0 unspecified atom stereocenters. The number of aromatic carboxylic acids is 1. The van der Waals surface area contributed by atoms with E-state index in [0.29, 0.717) is 25.5 Å². The van der Waals surface area contributed by atoms with E-state index in [0.717, 1.165) is 29.9 Å². The zero-order chi connectivity index (χ0) is 18.0. The third-order valence-corrected chi connectivity index (χ3v) is 4.68. The number of aliphatic hydroxyl groups is 1. The molecular weight excluding hydrogens is 322 g/mol. The number of hydrogen-bond acceptors (Lipinski definition) is 6. The van der Waals surface area contributed by atoms with Crippen LogP contribution in [0.5, 0.6) is 0 Å². The maximum absolute atomic E-state index is 11.6. The van der Waals surface area contributed by atoms with E-state index in [2.05, 4.69) is 15.1 Å². The normalized spacial score (nSPS) is 15.6. The van der Waals surface area contributed by atoms with Crippen LogP contribution in [0.1, 0.15) is 21.6 Å². The molecule has 1 saturated heterocycles. The SMILES string of the molecule is Cc1cccc(-n2nc(C(=O)O)c(N3CCN(CCO)CC3)n2)c1C. The minimum absolute atomic E-state index is 0.0310. The highest BCUT2D eigenvalue weighted by molar-refractivity contribution is 5.91. The Morgan fingerprint density at radius 2 is 1.88 bits per heavy atom. The van der Waals surface area contributed by atoms with Crippen molar-refractivity contribution in [1.82, 2.24) is 19.9 Å². The van der Waals surface area contributed by atoms with Crippen LogP contribution >= 0.6 is 0 Å². The van der Waals surface area contributed by atoms with Crippen molar-refractivity contribution in [2.24, 2.45) is 0 Å². The van der Waals surface area contributed by atoms with Crippen LogP contribution < -0.4 is 4.90 Å². The van der Waals surface area contributed by atoms with E-state index in [-0.39, 0.29) is 12.3 Å². The average molecular weight is 345 g/mol. The molecule has 2 N–H and O–H groups in total. The van der Waals surface area contributed by atoms with Crippen molar-refractivity contribution in [3.8, 4) is 5.69 Å². The molecule has 0 aliphatic carbocycles. The predicted octanol–water partition coefficient (Wildman–Crippen LogP) is 0.697. The zero-order valence-electron chi connectivity index (χ0n) is 14.5. The van der Waals surface area contributed by atoms with E-state index in [1.165, 1.54) is 4.80 Å². The molecule has 0 saturated carbocycles. The third-order valence-electron chi connectivity index (χ3n) is 4.68. The van der Waals surface area contributed by atoms with Gasteiger partial charge in [-0.3, -0.25) is 4.90 Å². The number of β-amino-alcohol motifs (C(OH)–C–C–N with tert-alkyl or cyclic N) is 1. The first kappa shape index (κ1) is 17.4. The Morgan fingerprint density at radius 1 is 1.16 bits per heavy atom. The number of rotatable bonds is 5. The van der Waals surface area contributed by atoms with Gasteiger partial charge in [-0.05, 0) is 31.0 Å². The van der Waals surface area contributed by atoms with Crippen molar-refractivity contribution < 1.29 is 15.0 Å². The van der Waals surface area contributed by atoms with Crippen molar-refractivity contribution >= 4 is 11.8 Å². The molecular formula is C17H23N5O3. The summed E-state index contributed by atoms with van der Waals surface area (Å²) in [5, 5.41) is 27.3. The van der Waals surface area contributed by atoms with Crippen molar-refractivity contribution in [1.29, 1.82) is 0 Å². The van der Waals surface area contributed by atoms with E-state index in [1.807, 2.05) is 36.9 Å². The van der Waals surface area contributed by atoms with Gasteiger partial charge in [-0.1, -0.05) is 12.1 Å². The monoisotopic (exact) mass is 345 g/mol. The summed E-state index contributed by atoms with van der Waals surface area (Å²) in [5.41, 5.74) is 2.88. The number of aromatic nitrogens is 3. The van der Waals surface area contributed by atoms with Gasteiger partial charge in [-0.15, -0.1) is 15.0 Å². The lowest BCUT2D eigenvalue weighted by molar-refractivity contribution is 0.0690. The van der Waals surface area contributed by atoms with Gasteiger partial charge in [0, 0.05) is 32.7 Å². The van der Waals surface area contributed by atoms with Gasteiger partial charge in [0.1, 0.15) is 0 Å². The van der Waals surface area contributed by atoms with Crippen LogP contribution in [0.15, 0.2) is 18.2 Å². The summed E-state index contributed by atoms with van der Waals surface area (Å²) in [6.07, 6.45) is 0. The molecule has 0 radical (unpaired) electrons. The van der Waals surface area contributed by atoms with E-state index >= 15 is 0 Å². The Kier molecular flexibility index (Phi) is 5.00. The van der Waals surface area contributed by atoms with Gasteiger partial charge in [-0.2, -0.15) is 0 Å². The number of nitrogens with zero attached hydrogens (tertiary/aromatic N) is 5. The first-order chi connectivity index (χ1) is 12.0. The number of benzene rings is 1. The Bertz CT molecular complexity index is 766. The Labute approximate surface area is 146 Å². The summed E-state index contributed by atoms with van der Waals surface area (Å²) in [6, 6.07) is 5.80. The second-order valence-corrected chi connectivity index (χ2v) is 6.24. The standard InChI is InChI=1S/C17H23N5O3/c1-12-4-3-5-14(13(12)2)22-18-15(17(24)25)16(19-22)21-8-6-20(7-9-21)10-11-23/h3-5,23H,6-11H2,1-2H3,(H,24,25). The van der Waals surface area contributed by atoms with E-state index in [1.54, 1.807) is 0 Å². The Morgan fingerprint density at radius 3 is 2.52 bits per heavy atom. The number of aryl methyl sites for hydroxylation is 1. The number of anilines is 1. The van der Waals surface area contributed by atoms with Gasteiger partial charge in [0.05, 0.1) is 12.3 Å². The van der Waals surface area contributed by atoms with Crippen molar-refractivity contribution in [3.05, 3.63) is 35.0 Å². The average Bonchev–Trinajstić information content (AvgIpc) is 3.04. The molecule has 0 atom stereocenters. The largest absolute Gasteiger partial charge is 0.476 e. The molecule has 0 bridgehead atoms. The highest BCUT2D eigenvalue weighted by Crippen LogP contribution is 2.22. The summed E-state index contributed by atoms with van der Waals surface area (Å²) < 4.78 is 0. The minimum Gasteiger partial charge on any atom is -0.476 e. The number of carboxylic acids is 1. The highest BCUT2D eigenvalue weighted by Gasteiger charge is 2.26. The quantitative estimate of drug-likeness (QED) is 0.823. The van der Waals surface area contributed by atoms with Crippen LogP contribution in [-0.2, 0) is 0 Å². The van der Waals surface area contributed by atoms with Crippen molar-refractivity contribution in [2.45, 2.75) is 13.8 Å². The number of aliphatic hydroxyl groups excluding tert-OH is 1. The van der Waals surface area contributed by atoms with Crippen LogP contribution in [0.25, 0.3) is 5.69 Å². The summed E-state index contributed by atoms with van der Waals surface area (Å²) in [4.78, 5) is 17.2. The van der Waals surface area contributed by atoms with Gasteiger partial charge in [0.25, 0.3) is 0 Å². The highest BCUT2D eigenvalue weighted by atomic mass is 16.4. The second kappa shape index (κ2) is 7.20. The van der Waals surface area contributed by atoms with Crippen LogP contribution in [0.3, 0.4) is 0 Å². The molecule has 134 valence electrons. The van der Waals surface area contributed by atoms with Crippen molar-refractivity contribution in [3.63, 3.8) is 0 Å². The molecule has 25 heavy (non-hydrogen) atoms. The van der Waals surface area contributed by atoms with Gasteiger partial charge < -0.3 is 15.1 Å². The minimum atomic E-state index is -1.08. The lowest BCUT2D eigenvalue weighted by Gasteiger charge is -2.34. The van der Waals surface area contributed by atoms with Crippen LogP contribution in [0.2, 0.25) is 0 Å². The van der Waals surface area contributed by atoms with E-state index in [4.69, 9.17) is 5.11 Å². The summed E-state index contributed by atoms with van der Waals surface area (Å²) in [5.74, 6) is -0.679. The number of carboxylic acid groups (broad SMARTS) is 1.